The molecule has 0 heterocycles. The van der Waals surface area contributed by atoms with E-state index < -0.39 is 0 Å². The average molecular weight is 192 g/mol. The molecule has 0 saturated heterocycles. The summed E-state index contributed by atoms with van der Waals surface area (Å²) >= 11 is 0. The average Bonchev–Trinajstić information content (AvgIpc) is 2.26. The van der Waals surface area contributed by atoms with E-state index in [1.165, 1.54) is 0 Å². The molecule has 0 aromatic heterocycles. The molecular formula is C12H16O2. The molecule has 0 aliphatic heterocycles. The van der Waals surface area contributed by atoms with E-state index in [0.717, 1.165) is 12.0 Å². The number of hydrogen-bond donors (Lipinski definition) is 1. The number of carbonyl (C=O) groups is 1. The van der Waals surface area contributed by atoms with Crippen molar-refractivity contribution in [2.24, 2.45) is 5.92 Å². The number of hydrogen-bond acceptors (Lipinski definition) is 2. The van der Waals surface area contributed by atoms with Crippen LogP contribution in [-0.2, 0) is 0 Å². The van der Waals surface area contributed by atoms with Crippen LogP contribution in [0, 0.1) is 5.92 Å². The minimum absolute atomic E-state index is 0.0394. The first-order valence-corrected chi connectivity index (χ1v) is 4.99. The molecule has 0 radical (unpaired) electrons. The second-order valence-corrected chi connectivity index (χ2v) is 3.35. The highest BCUT2D eigenvalue weighted by Gasteiger charge is 2.16. The van der Waals surface area contributed by atoms with E-state index in [-0.39, 0.29) is 18.3 Å². The molecule has 14 heavy (non-hydrogen) atoms. The Balaban J connectivity index is 2.73. The van der Waals surface area contributed by atoms with Crippen LogP contribution in [-0.4, -0.2) is 17.5 Å². The lowest BCUT2D eigenvalue weighted by Crippen LogP contribution is -2.15. The highest BCUT2D eigenvalue weighted by Crippen LogP contribution is 2.15. The first kappa shape index (κ1) is 10.9. The van der Waals surface area contributed by atoms with Crippen molar-refractivity contribution in [2.45, 2.75) is 19.8 Å². The molecule has 76 valence electrons. The maximum absolute atomic E-state index is 11.9. The number of Topliss-reactive ketones (excluding diaryl/α,β-unsaturated/α-hetero) is 1. The first-order valence-electron chi connectivity index (χ1n) is 4.99. The van der Waals surface area contributed by atoms with Crippen LogP contribution in [0.1, 0.15) is 30.1 Å². The predicted octanol–water partition coefficient (Wildman–Crippen LogP) is 2.28. The Bertz CT molecular complexity index is 280. The van der Waals surface area contributed by atoms with Crippen LogP contribution in [0.4, 0.5) is 0 Å². The van der Waals surface area contributed by atoms with E-state index in [4.69, 9.17) is 5.11 Å². The smallest absolute Gasteiger partial charge is 0.166 e. The molecule has 1 aromatic carbocycles. The molecule has 0 fully saturated rings. The van der Waals surface area contributed by atoms with E-state index in [9.17, 15) is 4.79 Å². The molecule has 2 heteroatoms. The second kappa shape index (κ2) is 5.55. The van der Waals surface area contributed by atoms with E-state index >= 15 is 0 Å². The van der Waals surface area contributed by atoms with Crippen molar-refractivity contribution in [2.75, 3.05) is 6.61 Å². The fourth-order valence-corrected chi connectivity index (χ4v) is 1.51. The van der Waals surface area contributed by atoms with Gasteiger partial charge in [0.15, 0.2) is 5.78 Å². The van der Waals surface area contributed by atoms with Crippen molar-refractivity contribution in [3.8, 4) is 0 Å². The molecule has 0 spiro atoms. The van der Waals surface area contributed by atoms with Gasteiger partial charge in [-0.05, 0) is 12.8 Å². The summed E-state index contributed by atoms with van der Waals surface area (Å²) in [6.07, 6.45) is 1.35. The van der Waals surface area contributed by atoms with Gasteiger partial charge in [-0.1, -0.05) is 37.3 Å². The predicted molar refractivity (Wildman–Crippen MR) is 56.3 cm³/mol. The largest absolute Gasteiger partial charge is 0.396 e. The number of aliphatic hydroxyl groups is 1. The molecule has 1 N–H and O–H groups in total. The van der Waals surface area contributed by atoms with Crippen LogP contribution in [0.25, 0.3) is 0 Å². The number of carbonyl (C=O) groups excluding carboxylic acids is 1. The molecule has 0 amide bonds. The Morgan fingerprint density at radius 2 is 2.00 bits per heavy atom. The fraction of sp³-hybridized carbons (Fsp3) is 0.417. The summed E-state index contributed by atoms with van der Waals surface area (Å²) in [7, 11) is 0. The second-order valence-electron chi connectivity index (χ2n) is 3.35. The van der Waals surface area contributed by atoms with Crippen LogP contribution >= 0.6 is 0 Å². The number of rotatable bonds is 5. The van der Waals surface area contributed by atoms with E-state index in [1.807, 2.05) is 37.3 Å². The molecule has 0 aliphatic carbocycles. The van der Waals surface area contributed by atoms with E-state index in [1.54, 1.807) is 0 Å². The maximum atomic E-state index is 11.9. The molecular weight excluding hydrogens is 176 g/mol. The molecule has 0 unspecified atom stereocenters. The molecule has 0 saturated carbocycles. The summed E-state index contributed by atoms with van der Waals surface area (Å²) in [6.45, 7) is 2.05. The van der Waals surface area contributed by atoms with Gasteiger partial charge in [-0.2, -0.15) is 0 Å². The van der Waals surface area contributed by atoms with Gasteiger partial charge in [0, 0.05) is 18.1 Å². The minimum atomic E-state index is -0.0394. The summed E-state index contributed by atoms with van der Waals surface area (Å²) in [5, 5.41) is 8.81. The Labute approximate surface area is 84.6 Å². The normalized spacial score (nSPS) is 12.4. The number of aliphatic hydroxyl groups excluding tert-OH is 1. The van der Waals surface area contributed by atoms with Gasteiger partial charge in [-0.25, -0.2) is 0 Å². The molecule has 0 bridgehead atoms. The third kappa shape index (κ3) is 2.67. The van der Waals surface area contributed by atoms with Crippen LogP contribution in [0.2, 0.25) is 0 Å². The zero-order valence-corrected chi connectivity index (χ0v) is 8.44. The van der Waals surface area contributed by atoms with Crippen molar-refractivity contribution in [3.63, 3.8) is 0 Å². The Kier molecular flexibility index (Phi) is 4.33. The lowest BCUT2D eigenvalue weighted by atomic mass is 9.93. The Hall–Kier alpha value is -1.15. The topological polar surface area (TPSA) is 37.3 Å². The van der Waals surface area contributed by atoms with Gasteiger partial charge >= 0.3 is 0 Å². The number of ketones is 1. The van der Waals surface area contributed by atoms with Crippen molar-refractivity contribution in [1.29, 1.82) is 0 Å². The summed E-state index contributed by atoms with van der Waals surface area (Å²) in [4.78, 5) is 11.9. The summed E-state index contributed by atoms with van der Waals surface area (Å²) < 4.78 is 0. The van der Waals surface area contributed by atoms with Crippen molar-refractivity contribution < 1.29 is 9.90 Å². The van der Waals surface area contributed by atoms with Gasteiger partial charge in [-0.15, -0.1) is 0 Å². The van der Waals surface area contributed by atoms with Crippen LogP contribution in [0.5, 0.6) is 0 Å². The fourth-order valence-electron chi connectivity index (χ4n) is 1.51. The van der Waals surface area contributed by atoms with Gasteiger partial charge in [0.05, 0.1) is 0 Å². The van der Waals surface area contributed by atoms with Gasteiger partial charge in [0.25, 0.3) is 0 Å². The van der Waals surface area contributed by atoms with Gasteiger partial charge in [0.1, 0.15) is 0 Å². The summed E-state index contributed by atoms with van der Waals surface area (Å²) in [5.41, 5.74) is 0.743. The van der Waals surface area contributed by atoms with Gasteiger partial charge < -0.3 is 5.11 Å². The van der Waals surface area contributed by atoms with Crippen molar-refractivity contribution >= 4 is 5.78 Å². The van der Waals surface area contributed by atoms with Crippen LogP contribution < -0.4 is 0 Å². The Morgan fingerprint density at radius 3 is 2.50 bits per heavy atom. The minimum Gasteiger partial charge on any atom is -0.396 e. The number of benzene rings is 1. The quantitative estimate of drug-likeness (QED) is 0.727. The third-order valence-corrected chi connectivity index (χ3v) is 2.40. The highest BCUT2D eigenvalue weighted by atomic mass is 16.3. The highest BCUT2D eigenvalue weighted by molar-refractivity contribution is 5.97. The molecule has 1 aromatic rings. The first-order chi connectivity index (χ1) is 6.79. The lowest BCUT2D eigenvalue weighted by Gasteiger charge is -2.11. The van der Waals surface area contributed by atoms with Crippen LogP contribution in [0.3, 0.4) is 0 Å². The van der Waals surface area contributed by atoms with Crippen molar-refractivity contribution in [3.05, 3.63) is 35.9 Å². The maximum Gasteiger partial charge on any atom is 0.166 e. The molecule has 0 aliphatic rings. The van der Waals surface area contributed by atoms with Crippen molar-refractivity contribution in [1.82, 2.24) is 0 Å². The Morgan fingerprint density at radius 1 is 1.36 bits per heavy atom. The standard InChI is InChI=1S/C12H16O2/c1-2-10(8-9-13)12(14)11-6-4-3-5-7-11/h3-7,10,13H,2,8-9H2,1H3/t10-/m1/s1. The van der Waals surface area contributed by atoms with Gasteiger partial charge in [-0.3, -0.25) is 4.79 Å². The monoisotopic (exact) mass is 192 g/mol. The molecule has 1 atom stereocenters. The van der Waals surface area contributed by atoms with Crippen LogP contribution in [0.15, 0.2) is 30.3 Å². The zero-order valence-electron chi connectivity index (χ0n) is 8.44. The summed E-state index contributed by atoms with van der Waals surface area (Å²) in [5.74, 6) is 0.101. The van der Waals surface area contributed by atoms with Gasteiger partial charge in [0.2, 0.25) is 0 Å². The molecule has 2 nitrogen and oxygen atoms in total. The third-order valence-electron chi connectivity index (χ3n) is 2.40. The van der Waals surface area contributed by atoms with E-state index in [0.29, 0.717) is 6.42 Å². The lowest BCUT2D eigenvalue weighted by molar-refractivity contribution is 0.0891. The summed E-state index contributed by atoms with van der Waals surface area (Å²) in [6, 6.07) is 9.26. The molecule has 1 rings (SSSR count). The zero-order chi connectivity index (χ0) is 10.4. The van der Waals surface area contributed by atoms with E-state index in [2.05, 4.69) is 0 Å². The SMILES string of the molecule is CC[C@H](CCO)C(=O)c1ccccc1.